The lowest BCUT2D eigenvalue weighted by Crippen LogP contribution is -2.61. The summed E-state index contributed by atoms with van der Waals surface area (Å²) < 4.78 is 0. The SMILES string of the molecule is Cc1ccc2c(c1)NC1(Nc3cc(C)ccc3[C@]3(C)CCC(C)(C)C3=O)C(C)(C)CCC21C. The molecular formula is C30H40N2O. The summed E-state index contributed by atoms with van der Waals surface area (Å²) in [5, 5.41) is 8.12. The third-order valence-corrected chi connectivity index (χ3v) is 9.64. The lowest BCUT2D eigenvalue weighted by molar-refractivity contribution is -0.128. The minimum atomic E-state index is -0.461. The zero-order chi connectivity index (χ0) is 24.0. The van der Waals surface area contributed by atoms with Crippen LogP contribution >= 0.6 is 0 Å². The van der Waals surface area contributed by atoms with Crippen LogP contribution < -0.4 is 10.6 Å². The van der Waals surface area contributed by atoms with Crippen molar-refractivity contribution in [3.63, 3.8) is 0 Å². The highest BCUT2D eigenvalue weighted by molar-refractivity contribution is 5.97. The molecule has 3 nitrogen and oxygen atoms in total. The summed E-state index contributed by atoms with van der Waals surface area (Å²) in [7, 11) is 0. The van der Waals surface area contributed by atoms with Crippen molar-refractivity contribution >= 4 is 17.2 Å². The van der Waals surface area contributed by atoms with E-state index in [0.29, 0.717) is 5.78 Å². The number of fused-ring (bicyclic) bond motifs is 3. The van der Waals surface area contributed by atoms with E-state index in [-0.39, 0.29) is 21.9 Å². The number of carbonyl (C=O) groups is 1. The fourth-order valence-corrected chi connectivity index (χ4v) is 7.35. The molecule has 0 aromatic heterocycles. The van der Waals surface area contributed by atoms with Gasteiger partial charge in [0.15, 0.2) is 0 Å². The molecule has 5 rings (SSSR count). The molecule has 2 aliphatic carbocycles. The minimum Gasteiger partial charge on any atom is -0.361 e. The number of hydrogen-bond acceptors (Lipinski definition) is 3. The van der Waals surface area contributed by atoms with Crippen LogP contribution in [0.2, 0.25) is 0 Å². The van der Waals surface area contributed by atoms with Crippen LogP contribution in [0.5, 0.6) is 0 Å². The third-order valence-electron chi connectivity index (χ3n) is 9.64. The fourth-order valence-electron chi connectivity index (χ4n) is 7.35. The molecule has 0 amide bonds. The molecule has 2 unspecified atom stereocenters. The largest absolute Gasteiger partial charge is 0.361 e. The Kier molecular flexibility index (Phi) is 4.53. The van der Waals surface area contributed by atoms with Crippen molar-refractivity contribution in [3.8, 4) is 0 Å². The van der Waals surface area contributed by atoms with Gasteiger partial charge in [0.2, 0.25) is 0 Å². The topological polar surface area (TPSA) is 41.1 Å². The summed E-state index contributed by atoms with van der Waals surface area (Å²) in [6, 6.07) is 13.5. The molecule has 0 spiro atoms. The molecule has 2 aromatic rings. The molecule has 3 heteroatoms. The van der Waals surface area contributed by atoms with Crippen molar-refractivity contribution in [1.82, 2.24) is 0 Å². The van der Waals surface area contributed by atoms with Gasteiger partial charge in [-0.25, -0.2) is 0 Å². The van der Waals surface area contributed by atoms with Crippen molar-refractivity contribution in [2.75, 3.05) is 10.6 Å². The van der Waals surface area contributed by atoms with E-state index < -0.39 is 5.41 Å². The molecule has 2 aromatic carbocycles. The van der Waals surface area contributed by atoms with Crippen molar-refractivity contribution in [3.05, 3.63) is 58.7 Å². The standard InChI is InChI=1S/C30H40N2O/c1-19-9-11-21(28(7)15-13-26(3,4)25(28)33)23(17-19)31-30-27(5,6)14-16-29(30,8)22-12-10-20(2)18-24(22)32-30/h9-12,17-18,31-32H,13-16H2,1-8H3/t28-,29?,30?/m0/s1. The Morgan fingerprint density at radius 2 is 1.42 bits per heavy atom. The van der Waals surface area contributed by atoms with E-state index in [2.05, 4.69) is 102 Å². The van der Waals surface area contributed by atoms with Gasteiger partial charge < -0.3 is 10.6 Å². The van der Waals surface area contributed by atoms with Gasteiger partial charge >= 0.3 is 0 Å². The van der Waals surface area contributed by atoms with Crippen LogP contribution in [-0.4, -0.2) is 11.4 Å². The van der Waals surface area contributed by atoms with E-state index in [1.165, 1.54) is 22.4 Å². The van der Waals surface area contributed by atoms with Gasteiger partial charge in [0.05, 0.1) is 5.41 Å². The van der Waals surface area contributed by atoms with E-state index in [0.717, 1.165) is 36.9 Å². The smallest absolute Gasteiger partial charge is 0.148 e. The van der Waals surface area contributed by atoms with Crippen LogP contribution in [-0.2, 0) is 15.6 Å². The molecule has 2 N–H and O–H groups in total. The maximum absolute atomic E-state index is 13.6. The highest BCUT2D eigenvalue weighted by Gasteiger charge is 2.67. The predicted octanol–water partition coefficient (Wildman–Crippen LogP) is 7.26. The first-order valence-electron chi connectivity index (χ1n) is 12.6. The van der Waals surface area contributed by atoms with E-state index in [1.54, 1.807) is 0 Å². The van der Waals surface area contributed by atoms with Crippen LogP contribution in [0.3, 0.4) is 0 Å². The average molecular weight is 445 g/mol. The maximum Gasteiger partial charge on any atom is 0.148 e. The monoisotopic (exact) mass is 444 g/mol. The van der Waals surface area contributed by atoms with Gasteiger partial charge in [0, 0.05) is 27.6 Å². The number of carbonyl (C=O) groups excluding carboxylic acids is 1. The lowest BCUT2D eigenvalue weighted by Gasteiger charge is -2.49. The molecule has 2 saturated carbocycles. The molecule has 0 radical (unpaired) electrons. The highest BCUT2D eigenvalue weighted by Crippen LogP contribution is 2.64. The zero-order valence-corrected chi connectivity index (χ0v) is 21.7. The molecular weight excluding hydrogens is 404 g/mol. The predicted molar refractivity (Wildman–Crippen MR) is 138 cm³/mol. The summed E-state index contributed by atoms with van der Waals surface area (Å²) in [6.07, 6.45) is 4.10. The second-order valence-corrected chi connectivity index (χ2v) is 12.9. The zero-order valence-electron chi connectivity index (χ0n) is 21.7. The number of benzene rings is 2. The fraction of sp³-hybridized carbons (Fsp3) is 0.567. The van der Waals surface area contributed by atoms with Crippen molar-refractivity contribution in [1.29, 1.82) is 0 Å². The molecule has 33 heavy (non-hydrogen) atoms. The molecule has 3 atom stereocenters. The normalized spacial score (nSPS) is 33.5. The molecule has 176 valence electrons. The first-order chi connectivity index (χ1) is 15.3. The van der Waals surface area contributed by atoms with Crippen LogP contribution in [0.1, 0.15) is 89.5 Å². The molecule has 2 fully saturated rings. The van der Waals surface area contributed by atoms with Crippen molar-refractivity contribution < 1.29 is 4.79 Å². The summed E-state index contributed by atoms with van der Waals surface area (Å²) in [5.74, 6) is 0.367. The minimum absolute atomic E-state index is 0.0234. The van der Waals surface area contributed by atoms with Crippen LogP contribution in [0, 0.1) is 24.7 Å². The summed E-state index contributed by atoms with van der Waals surface area (Å²) in [4.78, 5) is 13.6. The molecule has 3 aliphatic rings. The van der Waals surface area contributed by atoms with E-state index in [1.807, 2.05) is 0 Å². The molecule has 1 aliphatic heterocycles. The van der Waals surface area contributed by atoms with Gasteiger partial charge in [-0.3, -0.25) is 4.79 Å². The first-order valence-corrected chi connectivity index (χ1v) is 12.6. The van der Waals surface area contributed by atoms with E-state index >= 15 is 0 Å². The van der Waals surface area contributed by atoms with Crippen LogP contribution in [0.15, 0.2) is 36.4 Å². The second-order valence-electron chi connectivity index (χ2n) is 12.9. The Balaban J connectivity index is 1.67. The molecule has 1 heterocycles. The van der Waals surface area contributed by atoms with Crippen LogP contribution in [0.25, 0.3) is 0 Å². The maximum atomic E-state index is 13.6. The van der Waals surface area contributed by atoms with Crippen molar-refractivity contribution in [2.45, 2.75) is 97.6 Å². The number of ketones is 1. The lowest BCUT2D eigenvalue weighted by atomic mass is 9.69. The van der Waals surface area contributed by atoms with Crippen LogP contribution in [0.4, 0.5) is 11.4 Å². The van der Waals surface area contributed by atoms with Gasteiger partial charge in [-0.2, -0.15) is 0 Å². The average Bonchev–Trinajstić information content (AvgIpc) is 3.18. The molecule has 0 saturated heterocycles. The van der Waals surface area contributed by atoms with Gasteiger partial charge in [-0.15, -0.1) is 0 Å². The highest BCUT2D eigenvalue weighted by atomic mass is 16.1. The Morgan fingerprint density at radius 1 is 0.788 bits per heavy atom. The third kappa shape index (κ3) is 2.83. The summed E-state index contributed by atoms with van der Waals surface area (Å²) in [6.45, 7) is 17.9. The number of rotatable bonds is 3. The number of hydrogen-bond donors (Lipinski definition) is 2. The van der Waals surface area contributed by atoms with Gasteiger partial charge in [-0.1, -0.05) is 58.9 Å². The van der Waals surface area contributed by atoms with E-state index in [4.69, 9.17) is 0 Å². The van der Waals surface area contributed by atoms with Gasteiger partial charge in [-0.05, 0) is 80.8 Å². The number of nitrogens with one attached hydrogen (secondary N) is 2. The number of aryl methyl sites for hydroxylation is 2. The number of anilines is 2. The van der Waals surface area contributed by atoms with E-state index in [9.17, 15) is 4.79 Å². The van der Waals surface area contributed by atoms with Gasteiger partial charge in [0.25, 0.3) is 0 Å². The quantitative estimate of drug-likeness (QED) is 0.523. The Morgan fingerprint density at radius 3 is 2.06 bits per heavy atom. The summed E-state index contributed by atoms with van der Waals surface area (Å²) >= 11 is 0. The second kappa shape index (κ2) is 6.64. The number of Topliss-reactive ketones (excluding diaryl/α,β-unsaturated/α-hetero) is 1. The first kappa shape index (κ1) is 22.5. The Labute approximate surface area is 199 Å². The molecule has 0 bridgehead atoms. The Hall–Kier alpha value is -2.29. The van der Waals surface area contributed by atoms with Crippen molar-refractivity contribution in [2.24, 2.45) is 10.8 Å². The van der Waals surface area contributed by atoms with Gasteiger partial charge in [0.1, 0.15) is 11.4 Å². The Bertz CT molecular complexity index is 1160. The summed E-state index contributed by atoms with van der Waals surface area (Å²) in [5.41, 5.74) is 6.34.